The average Bonchev–Trinajstić information content (AvgIpc) is 2.78. The zero-order valence-electron chi connectivity index (χ0n) is 11.4. The molecule has 3 heterocycles. The van der Waals surface area contributed by atoms with Gasteiger partial charge in [0.25, 0.3) is 0 Å². The number of alkyl halides is 1. The molecule has 1 atom stereocenters. The van der Waals surface area contributed by atoms with Gasteiger partial charge in [-0.25, -0.2) is 9.97 Å². The van der Waals surface area contributed by atoms with E-state index in [1.54, 1.807) is 6.20 Å². The first kappa shape index (κ1) is 13.1. The van der Waals surface area contributed by atoms with Crippen LogP contribution in [0.25, 0.3) is 11.2 Å². The maximum Gasteiger partial charge on any atom is 0.160 e. The molecular weight excluding hydrogens is 272 g/mol. The lowest BCUT2D eigenvalue weighted by atomic mass is 10.3. The Hall–Kier alpha value is -1.94. The predicted molar refractivity (Wildman–Crippen MR) is 79.9 cm³/mol. The minimum atomic E-state index is -0.172. The van der Waals surface area contributed by atoms with Crippen molar-refractivity contribution in [3.63, 3.8) is 0 Å². The number of imidazole rings is 1. The molecule has 0 aliphatic heterocycles. The Morgan fingerprint density at radius 2 is 2.05 bits per heavy atom. The van der Waals surface area contributed by atoms with Crippen molar-refractivity contribution >= 4 is 22.8 Å². The maximum atomic E-state index is 6.25. The van der Waals surface area contributed by atoms with Crippen LogP contribution in [0.3, 0.4) is 0 Å². The number of hydrogen-bond donors (Lipinski definition) is 0. The van der Waals surface area contributed by atoms with Gasteiger partial charge >= 0.3 is 0 Å². The second kappa shape index (κ2) is 5.21. The second-order valence-electron chi connectivity index (χ2n) is 4.79. The van der Waals surface area contributed by atoms with E-state index in [2.05, 4.69) is 15.0 Å². The Labute approximate surface area is 122 Å². The van der Waals surface area contributed by atoms with Crippen molar-refractivity contribution in [1.82, 2.24) is 19.5 Å². The molecule has 0 saturated carbocycles. The Balaban J connectivity index is 2.11. The number of fused-ring (bicyclic) bond motifs is 1. The van der Waals surface area contributed by atoms with Crippen molar-refractivity contribution in [3.8, 4) is 0 Å². The SMILES string of the molecule is Cc1cccc(Cn2c(C(C)Cl)nc3cccnc32)n1. The molecule has 0 aliphatic rings. The number of pyridine rings is 2. The van der Waals surface area contributed by atoms with Crippen LogP contribution < -0.4 is 0 Å². The summed E-state index contributed by atoms with van der Waals surface area (Å²) in [5.41, 5.74) is 3.69. The molecule has 0 bridgehead atoms. The summed E-state index contributed by atoms with van der Waals surface area (Å²) in [7, 11) is 0. The fraction of sp³-hybridized carbons (Fsp3) is 0.267. The summed E-state index contributed by atoms with van der Waals surface area (Å²) in [4.78, 5) is 13.5. The molecule has 0 spiro atoms. The van der Waals surface area contributed by atoms with Crippen molar-refractivity contribution in [1.29, 1.82) is 0 Å². The normalized spacial score (nSPS) is 12.8. The summed E-state index contributed by atoms with van der Waals surface area (Å²) < 4.78 is 2.04. The maximum absolute atomic E-state index is 6.25. The predicted octanol–water partition coefficient (Wildman–Crippen LogP) is 3.48. The third-order valence-corrected chi connectivity index (χ3v) is 3.35. The highest BCUT2D eigenvalue weighted by atomic mass is 35.5. The van der Waals surface area contributed by atoms with Crippen molar-refractivity contribution in [3.05, 3.63) is 53.7 Å². The molecule has 0 amide bonds. The number of rotatable bonds is 3. The quantitative estimate of drug-likeness (QED) is 0.692. The van der Waals surface area contributed by atoms with E-state index in [-0.39, 0.29) is 5.38 Å². The summed E-state index contributed by atoms with van der Waals surface area (Å²) >= 11 is 6.25. The van der Waals surface area contributed by atoms with Crippen LogP contribution in [-0.4, -0.2) is 19.5 Å². The smallest absolute Gasteiger partial charge is 0.160 e. The van der Waals surface area contributed by atoms with Gasteiger partial charge in [-0.15, -0.1) is 11.6 Å². The van der Waals surface area contributed by atoms with Gasteiger partial charge in [0.1, 0.15) is 11.3 Å². The Morgan fingerprint density at radius 3 is 2.80 bits per heavy atom. The molecule has 102 valence electrons. The minimum Gasteiger partial charge on any atom is -0.305 e. The van der Waals surface area contributed by atoms with E-state index in [4.69, 9.17) is 11.6 Å². The second-order valence-corrected chi connectivity index (χ2v) is 5.44. The van der Waals surface area contributed by atoms with Crippen molar-refractivity contribution < 1.29 is 0 Å². The number of aryl methyl sites for hydroxylation is 1. The fourth-order valence-electron chi connectivity index (χ4n) is 2.29. The van der Waals surface area contributed by atoms with Crippen molar-refractivity contribution in [2.24, 2.45) is 0 Å². The molecule has 0 N–H and O–H groups in total. The van der Waals surface area contributed by atoms with E-state index in [9.17, 15) is 0 Å². The highest BCUT2D eigenvalue weighted by molar-refractivity contribution is 6.20. The highest BCUT2D eigenvalue weighted by Gasteiger charge is 2.16. The summed E-state index contributed by atoms with van der Waals surface area (Å²) in [6.45, 7) is 4.53. The first-order valence-corrected chi connectivity index (χ1v) is 6.96. The number of nitrogens with zero attached hydrogens (tertiary/aromatic N) is 4. The van der Waals surface area contributed by atoms with Gasteiger partial charge in [0.05, 0.1) is 17.6 Å². The van der Waals surface area contributed by atoms with E-state index < -0.39 is 0 Å². The third kappa shape index (κ3) is 2.39. The van der Waals surface area contributed by atoms with Gasteiger partial charge < -0.3 is 4.57 Å². The number of halogens is 1. The lowest BCUT2D eigenvalue weighted by Gasteiger charge is -2.09. The van der Waals surface area contributed by atoms with E-state index >= 15 is 0 Å². The number of hydrogen-bond acceptors (Lipinski definition) is 3. The zero-order chi connectivity index (χ0) is 14.1. The van der Waals surface area contributed by atoms with Gasteiger partial charge in [0.2, 0.25) is 0 Å². The lowest BCUT2D eigenvalue weighted by Crippen LogP contribution is -2.08. The van der Waals surface area contributed by atoms with Crippen LogP contribution in [0.5, 0.6) is 0 Å². The van der Waals surface area contributed by atoms with Crippen LogP contribution in [0.1, 0.15) is 29.5 Å². The Morgan fingerprint density at radius 1 is 1.20 bits per heavy atom. The van der Waals surface area contributed by atoms with Gasteiger partial charge in [-0.2, -0.15) is 0 Å². The van der Waals surface area contributed by atoms with Gasteiger partial charge in [-0.3, -0.25) is 4.98 Å². The Kier molecular flexibility index (Phi) is 3.40. The largest absolute Gasteiger partial charge is 0.305 e. The average molecular weight is 287 g/mol. The Bertz CT molecular complexity index is 748. The number of aromatic nitrogens is 4. The zero-order valence-corrected chi connectivity index (χ0v) is 12.2. The summed E-state index contributed by atoms with van der Waals surface area (Å²) in [6.07, 6.45) is 1.77. The van der Waals surface area contributed by atoms with Crippen LogP contribution in [0.2, 0.25) is 0 Å². The standard InChI is InChI=1S/C15H15ClN4/c1-10-5-3-6-12(18-10)9-20-14(11(2)16)19-13-7-4-8-17-15(13)20/h3-8,11H,9H2,1-2H3. The van der Waals surface area contributed by atoms with Crippen molar-refractivity contribution in [2.75, 3.05) is 0 Å². The van der Waals surface area contributed by atoms with Crippen LogP contribution >= 0.6 is 11.6 Å². The van der Waals surface area contributed by atoms with E-state index in [1.165, 1.54) is 0 Å². The highest BCUT2D eigenvalue weighted by Crippen LogP contribution is 2.24. The molecule has 5 heteroatoms. The van der Waals surface area contributed by atoms with Crippen LogP contribution in [0.15, 0.2) is 36.5 Å². The lowest BCUT2D eigenvalue weighted by molar-refractivity contribution is 0.719. The molecule has 0 fully saturated rings. The van der Waals surface area contributed by atoms with Crippen LogP contribution in [-0.2, 0) is 6.54 Å². The summed E-state index contributed by atoms with van der Waals surface area (Å²) in [5, 5.41) is -0.172. The first-order chi connectivity index (χ1) is 9.65. The molecule has 20 heavy (non-hydrogen) atoms. The molecule has 3 aromatic heterocycles. The molecule has 4 nitrogen and oxygen atoms in total. The van der Waals surface area contributed by atoms with Gasteiger partial charge in [0, 0.05) is 11.9 Å². The molecule has 1 unspecified atom stereocenters. The molecule has 0 aliphatic carbocycles. The molecule has 0 saturated heterocycles. The minimum absolute atomic E-state index is 0.172. The summed E-state index contributed by atoms with van der Waals surface area (Å²) in [6, 6.07) is 9.83. The topological polar surface area (TPSA) is 43.6 Å². The molecule has 0 aromatic carbocycles. The van der Waals surface area contributed by atoms with Crippen LogP contribution in [0, 0.1) is 6.92 Å². The van der Waals surface area contributed by atoms with Crippen LogP contribution in [0.4, 0.5) is 0 Å². The van der Waals surface area contributed by atoms with Gasteiger partial charge in [-0.05, 0) is 38.1 Å². The van der Waals surface area contributed by atoms with E-state index in [1.807, 2.05) is 48.7 Å². The van der Waals surface area contributed by atoms with Gasteiger partial charge in [0.15, 0.2) is 5.65 Å². The molecule has 3 rings (SSSR count). The van der Waals surface area contributed by atoms with E-state index in [0.717, 1.165) is 28.4 Å². The molecule has 3 aromatic rings. The van der Waals surface area contributed by atoms with Crippen molar-refractivity contribution in [2.45, 2.75) is 25.8 Å². The van der Waals surface area contributed by atoms with E-state index in [0.29, 0.717) is 6.54 Å². The van der Waals surface area contributed by atoms with Gasteiger partial charge in [-0.1, -0.05) is 6.07 Å². The fourth-order valence-corrected chi connectivity index (χ4v) is 2.45. The third-order valence-electron chi connectivity index (χ3n) is 3.16. The monoisotopic (exact) mass is 286 g/mol. The molecular formula is C15H15ClN4. The molecule has 0 radical (unpaired) electrons. The first-order valence-electron chi connectivity index (χ1n) is 6.53. The summed E-state index contributed by atoms with van der Waals surface area (Å²) in [5.74, 6) is 0.823.